The SMILES string of the molecule is O=C1COc2cccc(c2)-c2cncc(c2)C(=O)N[C@@H]2CN(C(=O)C=Cc3ccccc3)CC[C@@H]2Oc2ccc(cc2)CN1. The van der Waals surface area contributed by atoms with Crippen LogP contribution in [0.25, 0.3) is 17.2 Å². The molecule has 44 heavy (non-hydrogen) atoms. The van der Waals surface area contributed by atoms with Crippen molar-refractivity contribution >= 4 is 23.8 Å². The molecule has 2 N–H and O–H groups in total. The predicted octanol–water partition coefficient (Wildman–Crippen LogP) is 4.25. The summed E-state index contributed by atoms with van der Waals surface area (Å²) < 4.78 is 12.1. The minimum Gasteiger partial charge on any atom is -0.488 e. The smallest absolute Gasteiger partial charge is 0.258 e. The van der Waals surface area contributed by atoms with E-state index in [0.29, 0.717) is 36.6 Å². The second-order valence-electron chi connectivity index (χ2n) is 10.8. The van der Waals surface area contributed by atoms with E-state index in [1.807, 2.05) is 66.7 Å². The number of fused-ring (bicyclic) bond motifs is 7. The van der Waals surface area contributed by atoms with E-state index in [1.165, 1.54) is 6.20 Å². The van der Waals surface area contributed by atoms with Gasteiger partial charge in [0.1, 0.15) is 17.6 Å². The maximum Gasteiger partial charge on any atom is 0.258 e. The Morgan fingerprint density at radius 2 is 1.70 bits per heavy atom. The number of carbonyl (C=O) groups excluding carboxylic acids is 3. The zero-order valence-corrected chi connectivity index (χ0v) is 24.0. The molecule has 0 saturated carbocycles. The summed E-state index contributed by atoms with van der Waals surface area (Å²) in [6, 6.07) is 25.7. The van der Waals surface area contributed by atoms with Gasteiger partial charge in [-0.05, 0) is 53.1 Å². The summed E-state index contributed by atoms with van der Waals surface area (Å²) >= 11 is 0. The molecule has 3 amide bonds. The third-order valence-electron chi connectivity index (χ3n) is 7.63. The Morgan fingerprint density at radius 1 is 0.886 bits per heavy atom. The molecule has 2 atom stereocenters. The largest absolute Gasteiger partial charge is 0.488 e. The van der Waals surface area contributed by atoms with Crippen molar-refractivity contribution in [3.63, 3.8) is 0 Å². The average molecular weight is 589 g/mol. The van der Waals surface area contributed by atoms with Gasteiger partial charge < -0.3 is 25.0 Å². The van der Waals surface area contributed by atoms with Gasteiger partial charge in [-0.15, -0.1) is 0 Å². The molecule has 0 radical (unpaired) electrons. The number of nitrogens with zero attached hydrogens (tertiary/aromatic N) is 2. The second-order valence-corrected chi connectivity index (χ2v) is 10.8. The van der Waals surface area contributed by atoms with E-state index < -0.39 is 6.04 Å². The Bertz CT molecular complexity index is 1670. The van der Waals surface area contributed by atoms with Gasteiger partial charge in [0, 0.05) is 50.1 Å². The Hall–Kier alpha value is -5.44. The molecule has 3 aliphatic heterocycles. The Morgan fingerprint density at radius 3 is 2.55 bits per heavy atom. The summed E-state index contributed by atoms with van der Waals surface area (Å²) in [5.74, 6) is 0.465. The second kappa shape index (κ2) is 13.2. The third-order valence-corrected chi connectivity index (χ3v) is 7.63. The predicted molar refractivity (Wildman–Crippen MR) is 166 cm³/mol. The zero-order chi connectivity index (χ0) is 30.3. The van der Waals surface area contributed by atoms with Crippen molar-refractivity contribution < 1.29 is 23.9 Å². The van der Waals surface area contributed by atoms with Crippen LogP contribution in [-0.2, 0) is 16.1 Å². The molecule has 0 spiro atoms. The van der Waals surface area contributed by atoms with E-state index in [-0.39, 0.29) is 37.0 Å². The van der Waals surface area contributed by atoms with E-state index in [1.54, 1.807) is 41.4 Å². The summed E-state index contributed by atoms with van der Waals surface area (Å²) in [6.45, 7) is 0.978. The van der Waals surface area contributed by atoms with Gasteiger partial charge in [0.15, 0.2) is 6.61 Å². The lowest BCUT2D eigenvalue weighted by Gasteiger charge is -2.38. The van der Waals surface area contributed by atoms with Crippen molar-refractivity contribution in [2.75, 3.05) is 19.7 Å². The van der Waals surface area contributed by atoms with E-state index >= 15 is 0 Å². The van der Waals surface area contributed by atoms with Crippen LogP contribution in [-0.4, -0.2) is 59.4 Å². The molecule has 6 bridgehead atoms. The number of aromatic nitrogens is 1. The highest BCUT2D eigenvalue weighted by Crippen LogP contribution is 2.25. The molecule has 0 unspecified atom stereocenters. The van der Waals surface area contributed by atoms with Crippen LogP contribution in [0.15, 0.2) is 103 Å². The minimum atomic E-state index is -0.477. The first-order valence-electron chi connectivity index (χ1n) is 14.5. The molecule has 4 heterocycles. The fourth-order valence-electron chi connectivity index (χ4n) is 5.25. The number of hydrogen-bond acceptors (Lipinski definition) is 6. The summed E-state index contributed by atoms with van der Waals surface area (Å²) in [5, 5.41) is 5.99. The number of piperidine rings is 1. The molecule has 3 aliphatic rings. The highest BCUT2D eigenvalue weighted by atomic mass is 16.5. The molecule has 0 aliphatic carbocycles. The monoisotopic (exact) mass is 588 g/mol. The maximum atomic E-state index is 13.6. The first kappa shape index (κ1) is 28.7. The normalized spacial score (nSPS) is 18.8. The number of carbonyl (C=O) groups is 3. The highest BCUT2D eigenvalue weighted by molar-refractivity contribution is 5.95. The molecule has 1 aromatic heterocycles. The van der Waals surface area contributed by atoms with Gasteiger partial charge in [-0.3, -0.25) is 19.4 Å². The van der Waals surface area contributed by atoms with Crippen LogP contribution in [0.1, 0.15) is 27.9 Å². The maximum absolute atomic E-state index is 13.6. The molecule has 222 valence electrons. The first-order chi connectivity index (χ1) is 21.5. The number of pyridine rings is 1. The van der Waals surface area contributed by atoms with Crippen molar-refractivity contribution in [2.45, 2.75) is 25.1 Å². The fourth-order valence-corrected chi connectivity index (χ4v) is 5.25. The van der Waals surface area contributed by atoms with E-state index in [4.69, 9.17) is 9.47 Å². The third kappa shape index (κ3) is 7.12. The number of benzene rings is 3. The summed E-state index contributed by atoms with van der Waals surface area (Å²) in [7, 11) is 0. The lowest BCUT2D eigenvalue weighted by atomic mass is 10.00. The topological polar surface area (TPSA) is 110 Å². The number of ether oxygens (including phenoxy) is 2. The number of likely N-dealkylation sites (tertiary alicyclic amines) is 1. The van der Waals surface area contributed by atoms with Crippen LogP contribution in [0.5, 0.6) is 11.5 Å². The van der Waals surface area contributed by atoms with Gasteiger partial charge in [-0.1, -0.05) is 54.6 Å². The van der Waals surface area contributed by atoms with Crippen molar-refractivity contribution in [2.24, 2.45) is 0 Å². The molecule has 9 nitrogen and oxygen atoms in total. The van der Waals surface area contributed by atoms with Gasteiger partial charge >= 0.3 is 0 Å². The minimum absolute atomic E-state index is 0.129. The Labute approximate surface area is 255 Å². The highest BCUT2D eigenvalue weighted by Gasteiger charge is 2.34. The quantitative estimate of drug-likeness (QED) is 0.339. The zero-order valence-electron chi connectivity index (χ0n) is 24.0. The number of hydrogen-bond donors (Lipinski definition) is 2. The molecule has 9 heteroatoms. The standard InChI is InChI=1S/C35H32N4O5/c40-33-23-43-30-8-4-7-26(18-30)27-17-28(21-36-20-27)35(42)38-31-22-39(34(41)14-11-24-5-2-1-3-6-24)16-15-32(31)44-29-12-9-25(10-13-29)19-37-33/h1-14,17-18,20-21,31-32H,15-16,19,22-23H2,(H,37,40)(H,38,42)/t31-,32+/m1/s1. The van der Waals surface area contributed by atoms with Crippen molar-refractivity contribution in [1.82, 2.24) is 20.5 Å². The van der Waals surface area contributed by atoms with Crippen LogP contribution in [0, 0.1) is 0 Å². The first-order valence-corrected chi connectivity index (χ1v) is 14.5. The average Bonchev–Trinajstić information content (AvgIpc) is 3.07. The van der Waals surface area contributed by atoms with Crippen LogP contribution in [0.3, 0.4) is 0 Å². The summed E-state index contributed by atoms with van der Waals surface area (Å²) in [5.41, 5.74) is 3.73. The molecule has 3 aromatic carbocycles. The van der Waals surface area contributed by atoms with Crippen molar-refractivity contribution in [3.8, 4) is 22.6 Å². The molecular weight excluding hydrogens is 556 g/mol. The van der Waals surface area contributed by atoms with Crippen LogP contribution >= 0.6 is 0 Å². The van der Waals surface area contributed by atoms with Crippen LogP contribution < -0.4 is 20.1 Å². The van der Waals surface area contributed by atoms with E-state index in [9.17, 15) is 14.4 Å². The molecule has 1 saturated heterocycles. The Kier molecular flexibility index (Phi) is 8.63. The molecule has 7 rings (SSSR count). The van der Waals surface area contributed by atoms with Gasteiger partial charge in [-0.25, -0.2) is 0 Å². The van der Waals surface area contributed by atoms with E-state index in [0.717, 1.165) is 22.3 Å². The fraction of sp³-hybridized carbons (Fsp3) is 0.200. The van der Waals surface area contributed by atoms with E-state index in [2.05, 4.69) is 15.6 Å². The number of amides is 3. The molecule has 1 fully saturated rings. The van der Waals surface area contributed by atoms with Gasteiger partial charge in [0.25, 0.3) is 11.8 Å². The van der Waals surface area contributed by atoms with Gasteiger partial charge in [0.05, 0.1) is 11.6 Å². The lowest BCUT2D eigenvalue weighted by Crippen LogP contribution is -2.58. The van der Waals surface area contributed by atoms with Crippen LogP contribution in [0.4, 0.5) is 0 Å². The number of nitrogens with one attached hydrogen (secondary N) is 2. The Balaban J connectivity index is 1.27. The molecular formula is C35H32N4O5. The lowest BCUT2D eigenvalue weighted by molar-refractivity contribution is -0.128. The summed E-state index contributed by atoms with van der Waals surface area (Å²) in [4.78, 5) is 45.2. The van der Waals surface area contributed by atoms with Gasteiger partial charge in [-0.2, -0.15) is 0 Å². The van der Waals surface area contributed by atoms with Crippen molar-refractivity contribution in [3.05, 3.63) is 120 Å². The van der Waals surface area contributed by atoms with Gasteiger partial charge in [0.2, 0.25) is 5.91 Å². The van der Waals surface area contributed by atoms with Crippen LogP contribution in [0.2, 0.25) is 0 Å². The van der Waals surface area contributed by atoms with Crippen molar-refractivity contribution in [1.29, 1.82) is 0 Å². The summed E-state index contributed by atoms with van der Waals surface area (Å²) in [6.07, 6.45) is 6.69. The number of rotatable bonds is 2. The molecule has 4 aromatic rings.